The number of rotatable bonds is 4. The molecule has 0 aliphatic carbocycles. The van der Waals surface area contributed by atoms with E-state index in [9.17, 15) is 0 Å². The second-order valence-corrected chi connectivity index (χ2v) is 2.70. The van der Waals surface area contributed by atoms with Crippen LogP contribution in [-0.4, -0.2) is 6.21 Å². The highest BCUT2D eigenvalue weighted by atomic mass is 14.7. The van der Waals surface area contributed by atoms with Crippen molar-refractivity contribution in [2.24, 2.45) is 4.99 Å². The third-order valence-corrected chi connectivity index (χ3v) is 1.62. The fourth-order valence-electron chi connectivity index (χ4n) is 0.956. The van der Waals surface area contributed by atoms with Crippen LogP contribution in [0.15, 0.2) is 35.3 Å². The molecule has 1 rings (SSSR count). The molecule has 0 bridgehead atoms. The number of unbranched alkanes of at least 4 members (excludes halogenated alkanes) is 2. The fourth-order valence-corrected chi connectivity index (χ4v) is 0.956. The van der Waals surface area contributed by atoms with Gasteiger partial charge in [0.1, 0.15) is 0 Å². The maximum absolute atomic E-state index is 8.29. The molecule has 0 aliphatic heterocycles. The van der Waals surface area contributed by atoms with Gasteiger partial charge >= 0.3 is 0 Å². The summed E-state index contributed by atoms with van der Waals surface area (Å²) in [4.78, 5) is 4.24. The highest BCUT2D eigenvalue weighted by Gasteiger charge is 1.84. The number of nitriles is 1. The summed E-state index contributed by atoms with van der Waals surface area (Å²) >= 11 is 0. The Morgan fingerprint density at radius 1 is 1.31 bits per heavy atom. The number of para-hydroxylation sites is 1. The molecule has 0 unspecified atom stereocenters. The minimum absolute atomic E-state index is 0.612. The van der Waals surface area contributed by atoms with Crippen LogP contribution in [0.5, 0.6) is 0 Å². The average Bonchev–Trinajstić information content (AvgIpc) is 2.19. The zero-order chi connectivity index (χ0) is 9.36. The number of nitrogens with zero attached hydrogens (tertiary/aromatic N) is 2. The predicted molar refractivity (Wildman–Crippen MR) is 54.1 cm³/mol. The van der Waals surface area contributed by atoms with E-state index in [0.29, 0.717) is 6.42 Å². The third kappa shape index (κ3) is 4.07. The maximum Gasteiger partial charge on any atom is 0.0625 e. The predicted octanol–water partition coefficient (Wildman–Crippen LogP) is 3.08. The van der Waals surface area contributed by atoms with Crippen molar-refractivity contribution in [2.75, 3.05) is 0 Å². The van der Waals surface area contributed by atoms with Crippen molar-refractivity contribution in [1.29, 1.82) is 5.26 Å². The lowest BCUT2D eigenvalue weighted by atomic mass is 10.2. The number of hydrogen-bond acceptors (Lipinski definition) is 2. The van der Waals surface area contributed by atoms with E-state index >= 15 is 0 Å². The third-order valence-electron chi connectivity index (χ3n) is 1.62. The molecule has 66 valence electrons. The second kappa shape index (κ2) is 5.96. The Morgan fingerprint density at radius 2 is 2.08 bits per heavy atom. The summed E-state index contributed by atoms with van der Waals surface area (Å²) in [6.45, 7) is 0. The van der Waals surface area contributed by atoms with Gasteiger partial charge in [-0.1, -0.05) is 18.2 Å². The van der Waals surface area contributed by atoms with Gasteiger partial charge in [0.05, 0.1) is 11.8 Å². The van der Waals surface area contributed by atoms with Crippen LogP contribution in [0, 0.1) is 11.3 Å². The second-order valence-electron chi connectivity index (χ2n) is 2.70. The van der Waals surface area contributed by atoms with E-state index in [0.717, 1.165) is 18.5 Å². The first-order valence-corrected chi connectivity index (χ1v) is 4.38. The molecule has 0 N–H and O–H groups in total. The van der Waals surface area contributed by atoms with Gasteiger partial charge in [-0.2, -0.15) is 5.26 Å². The molecule has 0 saturated carbocycles. The Bertz CT molecular complexity index is 296. The topological polar surface area (TPSA) is 36.1 Å². The molecule has 1 aromatic carbocycles. The Balaban J connectivity index is 2.29. The summed E-state index contributed by atoms with van der Waals surface area (Å²) < 4.78 is 0. The summed E-state index contributed by atoms with van der Waals surface area (Å²) in [5, 5.41) is 8.29. The normalized spacial score (nSPS) is 10.1. The lowest BCUT2D eigenvalue weighted by Crippen LogP contribution is -1.75. The van der Waals surface area contributed by atoms with Crippen molar-refractivity contribution in [3.63, 3.8) is 0 Å². The molecule has 0 radical (unpaired) electrons. The number of benzene rings is 1. The van der Waals surface area contributed by atoms with Gasteiger partial charge < -0.3 is 0 Å². The van der Waals surface area contributed by atoms with Gasteiger partial charge in [-0.15, -0.1) is 0 Å². The van der Waals surface area contributed by atoms with Crippen LogP contribution in [0.1, 0.15) is 19.3 Å². The lowest BCUT2D eigenvalue weighted by molar-refractivity contribution is 0.912. The highest BCUT2D eigenvalue weighted by Crippen LogP contribution is 2.08. The smallest absolute Gasteiger partial charge is 0.0625 e. The van der Waals surface area contributed by atoms with E-state index in [4.69, 9.17) is 5.26 Å². The van der Waals surface area contributed by atoms with Crippen molar-refractivity contribution in [2.45, 2.75) is 19.3 Å². The van der Waals surface area contributed by atoms with E-state index in [-0.39, 0.29) is 0 Å². The van der Waals surface area contributed by atoms with Gasteiger partial charge in [-0.25, -0.2) is 0 Å². The zero-order valence-corrected chi connectivity index (χ0v) is 7.48. The van der Waals surface area contributed by atoms with Gasteiger partial charge in [0.2, 0.25) is 0 Å². The molecule has 0 amide bonds. The summed E-state index contributed by atoms with van der Waals surface area (Å²) in [5.74, 6) is 0. The lowest BCUT2D eigenvalue weighted by Gasteiger charge is -1.90. The van der Waals surface area contributed by atoms with Gasteiger partial charge in [-0.3, -0.25) is 4.99 Å². The van der Waals surface area contributed by atoms with Gasteiger partial charge in [0.15, 0.2) is 0 Å². The maximum atomic E-state index is 8.29. The summed E-state index contributed by atoms with van der Waals surface area (Å²) in [5.41, 5.74) is 0.972. The summed E-state index contributed by atoms with van der Waals surface area (Å²) in [6.07, 6.45) is 4.25. The first kappa shape index (κ1) is 9.47. The van der Waals surface area contributed by atoms with Gasteiger partial charge in [0, 0.05) is 12.6 Å². The van der Waals surface area contributed by atoms with Gasteiger partial charge in [-0.05, 0) is 25.0 Å². The first-order valence-electron chi connectivity index (χ1n) is 4.38. The molecule has 0 aliphatic rings. The Labute approximate surface area is 78.5 Å². The van der Waals surface area contributed by atoms with Gasteiger partial charge in [0.25, 0.3) is 0 Å². The van der Waals surface area contributed by atoms with Crippen LogP contribution in [0.4, 0.5) is 5.69 Å². The standard InChI is InChI=1S/C11H12N2/c12-9-5-2-6-10-13-11-7-3-1-4-8-11/h1,3-4,7-8,10H,2,5-6H2. The molecular formula is C11H12N2. The van der Waals surface area contributed by atoms with Crippen LogP contribution < -0.4 is 0 Å². The largest absolute Gasteiger partial charge is 0.261 e. The van der Waals surface area contributed by atoms with E-state index < -0.39 is 0 Å². The molecule has 0 saturated heterocycles. The molecule has 0 aromatic heterocycles. The van der Waals surface area contributed by atoms with E-state index in [1.54, 1.807) is 0 Å². The Morgan fingerprint density at radius 3 is 2.77 bits per heavy atom. The minimum Gasteiger partial charge on any atom is -0.261 e. The van der Waals surface area contributed by atoms with E-state index in [1.165, 1.54) is 0 Å². The van der Waals surface area contributed by atoms with Crippen LogP contribution in [0.25, 0.3) is 0 Å². The molecule has 1 aromatic rings. The first-order chi connectivity index (χ1) is 6.43. The quantitative estimate of drug-likeness (QED) is 0.507. The molecule has 0 heterocycles. The summed E-state index contributed by atoms with van der Waals surface area (Å²) in [7, 11) is 0. The molecule has 0 atom stereocenters. The van der Waals surface area contributed by atoms with Crippen LogP contribution in [0.2, 0.25) is 0 Å². The van der Waals surface area contributed by atoms with Crippen molar-refractivity contribution in [3.05, 3.63) is 30.3 Å². The zero-order valence-electron chi connectivity index (χ0n) is 7.48. The minimum atomic E-state index is 0.612. The molecule has 2 heteroatoms. The number of hydrogen-bond donors (Lipinski definition) is 0. The van der Waals surface area contributed by atoms with Crippen LogP contribution >= 0.6 is 0 Å². The van der Waals surface area contributed by atoms with Crippen LogP contribution in [-0.2, 0) is 0 Å². The van der Waals surface area contributed by atoms with Crippen molar-refractivity contribution in [1.82, 2.24) is 0 Å². The molecule has 13 heavy (non-hydrogen) atoms. The highest BCUT2D eigenvalue weighted by molar-refractivity contribution is 5.62. The van der Waals surface area contributed by atoms with E-state index in [2.05, 4.69) is 11.1 Å². The van der Waals surface area contributed by atoms with Crippen molar-refractivity contribution >= 4 is 11.9 Å². The SMILES string of the molecule is N#CCCCC=Nc1ccccc1. The molecule has 0 spiro atoms. The van der Waals surface area contributed by atoms with E-state index in [1.807, 2.05) is 36.5 Å². The van der Waals surface area contributed by atoms with Crippen molar-refractivity contribution in [3.8, 4) is 6.07 Å². The van der Waals surface area contributed by atoms with Crippen molar-refractivity contribution < 1.29 is 0 Å². The Hall–Kier alpha value is -1.62. The monoisotopic (exact) mass is 172 g/mol. The Kier molecular flexibility index (Phi) is 4.34. The van der Waals surface area contributed by atoms with Crippen LogP contribution in [0.3, 0.4) is 0 Å². The average molecular weight is 172 g/mol. The summed E-state index contributed by atoms with van der Waals surface area (Å²) in [6, 6.07) is 11.9. The molecule has 2 nitrogen and oxygen atoms in total. The molecular weight excluding hydrogens is 160 g/mol. The number of aliphatic imine (C=N–C) groups is 1. The molecule has 0 fully saturated rings. The fraction of sp³-hybridized carbons (Fsp3) is 0.273.